The molecule has 0 saturated heterocycles. The summed E-state index contributed by atoms with van der Waals surface area (Å²) < 4.78 is 23.3. The lowest BCUT2D eigenvalue weighted by molar-refractivity contribution is 0.0708. The van der Waals surface area contributed by atoms with E-state index in [2.05, 4.69) is 26.1 Å². The minimum absolute atomic E-state index is 0.348. The lowest BCUT2D eigenvalue weighted by Gasteiger charge is -2.28. The van der Waals surface area contributed by atoms with Crippen LogP contribution < -0.4 is 5.32 Å². The van der Waals surface area contributed by atoms with Crippen molar-refractivity contribution in [2.45, 2.75) is 97.6 Å². The summed E-state index contributed by atoms with van der Waals surface area (Å²) in [6.07, 6.45) is 8.89. The van der Waals surface area contributed by atoms with E-state index in [0.29, 0.717) is 34.6 Å². The average molecular weight is 434 g/mol. The Bertz CT molecular complexity index is 329. The molecule has 1 N–H and O–H groups in total. The Kier molecular flexibility index (Phi) is 18.2. The first-order valence-corrected chi connectivity index (χ1v) is 14.3. The number of hydrogen-bond acceptors (Lipinski definition) is 5. The van der Waals surface area contributed by atoms with Crippen LogP contribution in [0.3, 0.4) is 0 Å². The second-order valence-electron chi connectivity index (χ2n) is 7.77. The van der Waals surface area contributed by atoms with E-state index in [1.54, 1.807) is 0 Å². The zero-order valence-corrected chi connectivity index (χ0v) is 21.5. The third-order valence-corrected chi connectivity index (χ3v) is 8.96. The summed E-state index contributed by atoms with van der Waals surface area (Å²) in [4.78, 5) is 0. The van der Waals surface area contributed by atoms with Crippen molar-refractivity contribution in [3.63, 3.8) is 0 Å². The van der Waals surface area contributed by atoms with Crippen LogP contribution in [0.1, 0.15) is 86.5 Å². The molecule has 0 aliphatic rings. The lowest BCUT2D eigenvalue weighted by atomic mass is 10.0. The van der Waals surface area contributed by atoms with Gasteiger partial charge in [0.1, 0.15) is 0 Å². The van der Waals surface area contributed by atoms with Crippen LogP contribution in [-0.4, -0.2) is 58.1 Å². The maximum absolute atomic E-state index is 5.90. The minimum Gasteiger partial charge on any atom is -0.417 e. The highest BCUT2D eigenvalue weighted by atomic mass is 28.4. The SMILES string of the molecule is CCO[Si]C(C)(C)CCCCCCCNCCC[Si](OCC)(OCC)OCC. The first-order chi connectivity index (χ1) is 13.4. The summed E-state index contributed by atoms with van der Waals surface area (Å²) in [6, 6.07) is 0.897. The molecule has 0 rings (SSSR count). The summed E-state index contributed by atoms with van der Waals surface area (Å²) in [7, 11) is -1.83. The molecule has 2 radical (unpaired) electrons. The van der Waals surface area contributed by atoms with Crippen LogP contribution in [-0.2, 0) is 17.7 Å². The Balaban J connectivity index is 3.67. The Hall–Kier alpha value is 0.234. The van der Waals surface area contributed by atoms with Crippen molar-refractivity contribution in [1.82, 2.24) is 5.32 Å². The second-order valence-corrected chi connectivity index (χ2v) is 12.4. The molecule has 7 heteroatoms. The molecule has 28 heavy (non-hydrogen) atoms. The van der Waals surface area contributed by atoms with Crippen LogP contribution >= 0.6 is 0 Å². The van der Waals surface area contributed by atoms with Gasteiger partial charge in [-0.1, -0.05) is 39.5 Å². The molecule has 0 aromatic heterocycles. The van der Waals surface area contributed by atoms with Gasteiger partial charge in [-0.25, -0.2) is 0 Å². The zero-order valence-electron chi connectivity index (χ0n) is 19.5. The molecule has 0 aromatic rings. The molecular formula is C21H47NO4Si2. The van der Waals surface area contributed by atoms with E-state index < -0.39 is 8.80 Å². The normalized spacial score (nSPS) is 12.6. The first kappa shape index (κ1) is 28.2. The van der Waals surface area contributed by atoms with Crippen LogP contribution in [0.4, 0.5) is 0 Å². The Morgan fingerprint density at radius 3 is 1.82 bits per heavy atom. The molecule has 0 amide bonds. The van der Waals surface area contributed by atoms with Crippen molar-refractivity contribution in [2.75, 3.05) is 39.5 Å². The molecule has 168 valence electrons. The van der Waals surface area contributed by atoms with Crippen LogP contribution in [0.5, 0.6) is 0 Å². The van der Waals surface area contributed by atoms with Crippen LogP contribution in [0.2, 0.25) is 11.1 Å². The minimum atomic E-state index is -2.46. The highest BCUT2D eigenvalue weighted by Crippen LogP contribution is 2.30. The maximum Gasteiger partial charge on any atom is 0.500 e. The largest absolute Gasteiger partial charge is 0.500 e. The molecule has 0 unspecified atom stereocenters. The van der Waals surface area contributed by atoms with Crippen LogP contribution in [0.25, 0.3) is 0 Å². The molecule has 0 fully saturated rings. The fourth-order valence-electron chi connectivity index (χ4n) is 3.22. The van der Waals surface area contributed by atoms with E-state index in [0.717, 1.165) is 32.2 Å². The molecular weight excluding hydrogens is 386 g/mol. The van der Waals surface area contributed by atoms with Gasteiger partial charge in [0.15, 0.2) is 0 Å². The molecule has 5 nitrogen and oxygen atoms in total. The van der Waals surface area contributed by atoms with Gasteiger partial charge >= 0.3 is 8.80 Å². The predicted octanol–water partition coefficient (Wildman–Crippen LogP) is 5.21. The van der Waals surface area contributed by atoms with E-state index in [1.807, 2.05) is 20.8 Å². The Labute approximate surface area is 178 Å². The first-order valence-electron chi connectivity index (χ1n) is 11.5. The molecule has 0 aliphatic carbocycles. The molecule has 0 bridgehead atoms. The quantitative estimate of drug-likeness (QED) is 0.199. The predicted molar refractivity (Wildman–Crippen MR) is 122 cm³/mol. The van der Waals surface area contributed by atoms with Gasteiger partial charge in [0, 0.05) is 32.5 Å². The fourth-order valence-corrected chi connectivity index (χ4v) is 6.65. The smallest absolute Gasteiger partial charge is 0.417 e. The monoisotopic (exact) mass is 433 g/mol. The van der Waals surface area contributed by atoms with Crippen LogP contribution in [0, 0.1) is 0 Å². The summed E-state index contributed by atoms with van der Waals surface area (Å²) >= 11 is 0. The highest BCUT2D eigenvalue weighted by molar-refractivity contribution is 6.60. The van der Waals surface area contributed by atoms with Crippen LogP contribution in [0.15, 0.2) is 0 Å². The fraction of sp³-hybridized carbons (Fsp3) is 1.00. The summed E-state index contributed by atoms with van der Waals surface area (Å²) in [5.41, 5.74) is 0. The maximum atomic E-state index is 5.90. The molecule has 0 aliphatic heterocycles. The summed E-state index contributed by atoms with van der Waals surface area (Å²) in [5, 5.41) is 3.91. The molecule has 0 aromatic carbocycles. The number of nitrogens with one attached hydrogen (secondary N) is 1. The Morgan fingerprint density at radius 1 is 0.714 bits per heavy atom. The van der Waals surface area contributed by atoms with Crippen molar-refractivity contribution < 1.29 is 17.7 Å². The van der Waals surface area contributed by atoms with E-state index >= 15 is 0 Å². The van der Waals surface area contributed by atoms with E-state index in [-0.39, 0.29) is 0 Å². The average Bonchev–Trinajstić information content (AvgIpc) is 2.65. The standard InChI is InChI=1S/C21H47NO4Si2/c1-7-23-27-21(5,6)17-14-12-11-13-15-18-22-19-16-20-28(24-8-2,25-9-3)26-10-4/h22H,7-20H2,1-6H3. The molecule has 0 spiro atoms. The lowest BCUT2D eigenvalue weighted by Crippen LogP contribution is -2.46. The van der Waals surface area contributed by atoms with Crippen molar-refractivity contribution >= 4 is 18.6 Å². The van der Waals surface area contributed by atoms with Crippen molar-refractivity contribution in [3.8, 4) is 0 Å². The van der Waals surface area contributed by atoms with Crippen molar-refractivity contribution in [2.24, 2.45) is 0 Å². The highest BCUT2D eigenvalue weighted by Gasteiger charge is 2.39. The van der Waals surface area contributed by atoms with Gasteiger partial charge in [-0.05, 0) is 65.1 Å². The third kappa shape index (κ3) is 15.1. The van der Waals surface area contributed by atoms with Gasteiger partial charge in [0.25, 0.3) is 0 Å². The van der Waals surface area contributed by atoms with Gasteiger partial charge in [0.2, 0.25) is 9.76 Å². The number of unbranched alkanes of at least 4 members (excludes halogenated alkanes) is 4. The zero-order chi connectivity index (χ0) is 21.1. The van der Waals surface area contributed by atoms with Gasteiger partial charge < -0.3 is 23.0 Å². The number of rotatable bonds is 21. The summed E-state index contributed by atoms with van der Waals surface area (Å²) in [6.45, 7) is 17.7. The molecule has 0 heterocycles. The second kappa shape index (κ2) is 18.0. The van der Waals surface area contributed by atoms with Gasteiger partial charge in [-0.2, -0.15) is 0 Å². The van der Waals surface area contributed by atoms with Crippen molar-refractivity contribution in [3.05, 3.63) is 0 Å². The van der Waals surface area contributed by atoms with E-state index in [9.17, 15) is 0 Å². The molecule has 0 atom stereocenters. The van der Waals surface area contributed by atoms with E-state index in [1.165, 1.54) is 38.5 Å². The third-order valence-electron chi connectivity index (χ3n) is 4.58. The van der Waals surface area contributed by atoms with Gasteiger partial charge in [-0.3, -0.25) is 0 Å². The van der Waals surface area contributed by atoms with Gasteiger partial charge in [0.05, 0.1) is 0 Å². The topological polar surface area (TPSA) is 49.0 Å². The molecule has 0 saturated carbocycles. The number of hydrogen-bond donors (Lipinski definition) is 1. The Morgan fingerprint density at radius 2 is 1.25 bits per heavy atom. The van der Waals surface area contributed by atoms with Crippen molar-refractivity contribution in [1.29, 1.82) is 0 Å². The van der Waals surface area contributed by atoms with Gasteiger partial charge in [-0.15, -0.1) is 0 Å². The van der Waals surface area contributed by atoms with E-state index in [4.69, 9.17) is 17.7 Å². The summed E-state index contributed by atoms with van der Waals surface area (Å²) in [5.74, 6) is 0.